The topological polar surface area (TPSA) is 107 Å². The van der Waals surface area contributed by atoms with Gasteiger partial charge in [-0.05, 0) is 104 Å². The number of carbonyl (C=O) groups excluding carboxylic acids is 1. The Morgan fingerprint density at radius 2 is 1.69 bits per heavy atom. The van der Waals surface area contributed by atoms with E-state index in [0.717, 1.165) is 44.9 Å². The van der Waals surface area contributed by atoms with Crippen molar-refractivity contribution in [3.8, 4) is 0 Å². The molecule has 4 aliphatic carbocycles. The number of carboxylic acids is 1. The van der Waals surface area contributed by atoms with Crippen LogP contribution in [-0.4, -0.2) is 45.9 Å². The highest BCUT2D eigenvalue weighted by atomic mass is 16.4. The van der Waals surface area contributed by atoms with Crippen LogP contribution in [0.2, 0.25) is 0 Å². The van der Waals surface area contributed by atoms with Crippen LogP contribution >= 0.6 is 0 Å². The van der Waals surface area contributed by atoms with E-state index < -0.39 is 5.97 Å². The average Bonchev–Trinajstić information content (AvgIpc) is 3.09. The first-order valence-electron chi connectivity index (χ1n) is 12.9. The summed E-state index contributed by atoms with van der Waals surface area (Å²) in [4.78, 5) is 22.7. The summed E-state index contributed by atoms with van der Waals surface area (Å²) in [6.45, 7) is 6.83. The van der Waals surface area contributed by atoms with Crippen LogP contribution in [0.4, 0.5) is 0 Å². The lowest BCUT2D eigenvalue weighted by atomic mass is 9.43. The van der Waals surface area contributed by atoms with E-state index >= 15 is 0 Å². The maximum absolute atomic E-state index is 12.0. The molecule has 32 heavy (non-hydrogen) atoms. The van der Waals surface area contributed by atoms with Crippen LogP contribution in [-0.2, 0) is 9.59 Å². The standard InChI is InChI=1S/C26H43NO5/c1-15(4-7-22(30)27-14-23(31)32)18-5-6-19-24-20(9-11-26(18,19)3)25(2)10-8-17(28)12-16(25)13-21(24)29/h15-21,24,28-29H,4-14H2,1-3H3,(H,27,30)(H,31,32)/t15-,16-,17-,18-,19-,20-,21-,24-,25+,26-/m1/s1. The van der Waals surface area contributed by atoms with Crippen molar-refractivity contribution in [3.63, 3.8) is 0 Å². The van der Waals surface area contributed by atoms with Gasteiger partial charge >= 0.3 is 5.97 Å². The number of aliphatic carboxylic acids is 1. The van der Waals surface area contributed by atoms with Gasteiger partial charge in [-0.1, -0.05) is 20.8 Å². The zero-order valence-electron chi connectivity index (χ0n) is 20.1. The molecule has 0 spiro atoms. The van der Waals surface area contributed by atoms with Crippen LogP contribution < -0.4 is 5.32 Å². The van der Waals surface area contributed by atoms with Crippen molar-refractivity contribution < 1.29 is 24.9 Å². The number of fused-ring (bicyclic) bond motifs is 5. The smallest absolute Gasteiger partial charge is 0.322 e. The Balaban J connectivity index is 1.44. The third-order valence-corrected chi connectivity index (χ3v) is 10.7. The van der Waals surface area contributed by atoms with Crippen LogP contribution in [0.15, 0.2) is 0 Å². The summed E-state index contributed by atoms with van der Waals surface area (Å²) in [5, 5.41) is 32.8. The number of hydrogen-bond acceptors (Lipinski definition) is 4. The molecule has 182 valence electrons. The minimum Gasteiger partial charge on any atom is -0.480 e. The molecule has 10 atom stereocenters. The number of aliphatic hydroxyl groups is 2. The van der Waals surface area contributed by atoms with Crippen molar-refractivity contribution in [3.05, 3.63) is 0 Å². The Labute approximate surface area is 192 Å². The van der Waals surface area contributed by atoms with Crippen molar-refractivity contribution in [1.82, 2.24) is 5.32 Å². The largest absolute Gasteiger partial charge is 0.480 e. The van der Waals surface area contributed by atoms with Crippen LogP contribution in [0.25, 0.3) is 0 Å². The van der Waals surface area contributed by atoms with Crippen molar-refractivity contribution in [1.29, 1.82) is 0 Å². The van der Waals surface area contributed by atoms with Gasteiger partial charge in [0.2, 0.25) is 5.91 Å². The number of amides is 1. The maximum atomic E-state index is 12.0. The predicted molar refractivity (Wildman–Crippen MR) is 122 cm³/mol. The molecule has 4 fully saturated rings. The quantitative estimate of drug-likeness (QED) is 0.496. The highest BCUT2D eigenvalue weighted by molar-refractivity contribution is 5.81. The molecule has 4 saturated carbocycles. The lowest BCUT2D eigenvalue weighted by molar-refractivity contribution is -0.174. The summed E-state index contributed by atoms with van der Waals surface area (Å²) in [5.74, 6) is 1.66. The molecular weight excluding hydrogens is 406 g/mol. The molecule has 0 bridgehead atoms. The molecule has 4 rings (SSSR count). The van der Waals surface area contributed by atoms with Gasteiger partial charge in [-0.3, -0.25) is 9.59 Å². The number of rotatable bonds is 6. The molecule has 0 unspecified atom stereocenters. The minimum absolute atomic E-state index is 0.177. The van der Waals surface area contributed by atoms with Gasteiger partial charge < -0.3 is 20.6 Å². The van der Waals surface area contributed by atoms with Crippen LogP contribution in [0.5, 0.6) is 0 Å². The summed E-state index contributed by atoms with van der Waals surface area (Å²) in [5.41, 5.74) is 0.451. The van der Waals surface area contributed by atoms with Gasteiger partial charge in [-0.25, -0.2) is 0 Å². The summed E-state index contributed by atoms with van der Waals surface area (Å²) >= 11 is 0. The molecule has 6 heteroatoms. The van der Waals surface area contributed by atoms with Crippen molar-refractivity contribution in [2.45, 2.75) is 97.2 Å². The summed E-state index contributed by atoms with van der Waals surface area (Å²) in [6, 6.07) is 0. The maximum Gasteiger partial charge on any atom is 0.322 e. The third kappa shape index (κ3) is 4.11. The van der Waals surface area contributed by atoms with Gasteiger partial charge in [0.1, 0.15) is 6.54 Å². The number of nitrogens with one attached hydrogen (secondary N) is 1. The van der Waals surface area contributed by atoms with E-state index in [9.17, 15) is 19.8 Å². The molecule has 0 aliphatic heterocycles. The van der Waals surface area contributed by atoms with E-state index in [1.165, 1.54) is 12.8 Å². The van der Waals surface area contributed by atoms with Gasteiger partial charge in [-0.15, -0.1) is 0 Å². The molecule has 0 heterocycles. The number of carbonyl (C=O) groups is 2. The second-order valence-electron chi connectivity index (χ2n) is 12.1. The first-order chi connectivity index (χ1) is 15.1. The first-order valence-corrected chi connectivity index (χ1v) is 12.9. The molecular formula is C26H43NO5. The second-order valence-corrected chi connectivity index (χ2v) is 12.1. The molecule has 6 nitrogen and oxygen atoms in total. The predicted octanol–water partition coefficient (Wildman–Crippen LogP) is 3.59. The van der Waals surface area contributed by atoms with Crippen LogP contribution in [0.3, 0.4) is 0 Å². The molecule has 0 aromatic carbocycles. The fourth-order valence-electron chi connectivity index (χ4n) is 9.00. The van der Waals surface area contributed by atoms with Gasteiger partial charge in [0.05, 0.1) is 12.2 Å². The second kappa shape index (κ2) is 8.90. The van der Waals surface area contributed by atoms with Gasteiger partial charge in [0.25, 0.3) is 0 Å². The molecule has 1 amide bonds. The summed E-state index contributed by atoms with van der Waals surface area (Å²) < 4.78 is 0. The fraction of sp³-hybridized carbons (Fsp3) is 0.923. The molecule has 4 N–H and O–H groups in total. The molecule has 0 aromatic heterocycles. The summed E-state index contributed by atoms with van der Waals surface area (Å²) in [6.07, 6.45) is 9.06. The van der Waals surface area contributed by atoms with E-state index in [1.54, 1.807) is 0 Å². The van der Waals surface area contributed by atoms with Crippen molar-refractivity contribution in [2.75, 3.05) is 6.54 Å². The molecule has 0 aromatic rings. The first kappa shape index (κ1) is 24.0. The van der Waals surface area contributed by atoms with Crippen LogP contribution in [0.1, 0.15) is 85.0 Å². The fourth-order valence-corrected chi connectivity index (χ4v) is 9.00. The number of hydrogen-bond donors (Lipinski definition) is 4. The van der Waals surface area contributed by atoms with Gasteiger partial charge in [0, 0.05) is 6.42 Å². The van der Waals surface area contributed by atoms with E-state index in [4.69, 9.17) is 5.11 Å². The number of aliphatic hydroxyl groups excluding tert-OH is 2. The normalized spacial score (nSPS) is 46.5. The Morgan fingerprint density at radius 1 is 1.00 bits per heavy atom. The Hall–Kier alpha value is -1.14. The van der Waals surface area contributed by atoms with Crippen molar-refractivity contribution >= 4 is 11.9 Å². The number of carboxylic acid groups (broad SMARTS) is 1. The van der Waals surface area contributed by atoms with Gasteiger partial charge in [0.15, 0.2) is 0 Å². The minimum atomic E-state index is -1.01. The van der Waals surface area contributed by atoms with Gasteiger partial charge in [-0.2, -0.15) is 0 Å². The highest BCUT2D eigenvalue weighted by Crippen LogP contribution is 2.68. The van der Waals surface area contributed by atoms with E-state index in [0.29, 0.717) is 41.9 Å². The molecule has 0 radical (unpaired) electrons. The Kier molecular flexibility index (Phi) is 6.68. The van der Waals surface area contributed by atoms with E-state index in [1.807, 2.05) is 0 Å². The average molecular weight is 450 g/mol. The highest BCUT2D eigenvalue weighted by Gasteiger charge is 2.62. The zero-order chi connectivity index (χ0) is 23.3. The summed E-state index contributed by atoms with van der Waals surface area (Å²) in [7, 11) is 0. The van der Waals surface area contributed by atoms with Crippen molar-refractivity contribution in [2.24, 2.45) is 46.3 Å². The Bertz CT molecular complexity index is 727. The lowest BCUT2D eigenvalue weighted by Gasteiger charge is -2.62. The SMILES string of the molecule is C[C@H](CCC(=O)NCC(=O)O)[C@H]1CC[C@@H]2[C@H]3[C@H](O)C[C@H]4C[C@H](O)CC[C@]4(C)[C@@H]3CC[C@@]21C. The molecule has 0 saturated heterocycles. The third-order valence-electron chi connectivity index (χ3n) is 10.7. The van der Waals surface area contributed by atoms with Crippen LogP contribution in [0, 0.1) is 46.3 Å². The zero-order valence-corrected chi connectivity index (χ0v) is 20.1. The lowest BCUT2D eigenvalue weighted by Crippen LogP contribution is -2.58. The van der Waals surface area contributed by atoms with E-state index in [2.05, 4.69) is 26.1 Å². The Morgan fingerprint density at radius 3 is 2.41 bits per heavy atom. The monoisotopic (exact) mass is 449 g/mol. The van der Waals surface area contributed by atoms with E-state index in [-0.39, 0.29) is 35.5 Å². The molecule has 4 aliphatic rings.